The monoisotopic (exact) mass is 335 g/mol. The number of nitrogens with zero attached hydrogens (tertiary/aromatic N) is 2. The molecule has 4 fully saturated rings. The Morgan fingerprint density at radius 1 is 0.792 bits per heavy atom. The lowest BCUT2D eigenvalue weighted by Gasteiger charge is -2.36. The van der Waals surface area contributed by atoms with E-state index in [4.69, 9.17) is 4.74 Å². The van der Waals surface area contributed by atoms with Crippen LogP contribution in [-0.2, 0) is 4.74 Å². The fraction of sp³-hybridized carbons (Fsp3) is 0.947. The van der Waals surface area contributed by atoms with Gasteiger partial charge in [0.2, 0.25) is 0 Å². The van der Waals surface area contributed by atoms with E-state index in [1.165, 1.54) is 38.5 Å². The molecule has 4 aliphatic rings. The van der Waals surface area contributed by atoms with Gasteiger partial charge >= 0.3 is 6.03 Å². The van der Waals surface area contributed by atoms with Gasteiger partial charge in [0.1, 0.15) is 0 Å². The SMILES string of the molecule is O=C(NC1CCN(C2CC2)CC1)N1CCC(OC2CCCC2)CC1. The van der Waals surface area contributed by atoms with Gasteiger partial charge in [0.05, 0.1) is 12.2 Å². The van der Waals surface area contributed by atoms with Gasteiger partial charge in [0.15, 0.2) is 0 Å². The van der Waals surface area contributed by atoms with E-state index in [-0.39, 0.29) is 6.03 Å². The van der Waals surface area contributed by atoms with Crippen LogP contribution in [0.5, 0.6) is 0 Å². The predicted octanol–water partition coefficient (Wildman–Crippen LogP) is 2.75. The quantitative estimate of drug-likeness (QED) is 0.859. The minimum Gasteiger partial charge on any atom is -0.375 e. The van der Waals surface area contributed by atoms with Gasteiger partial charge in [-0.15, -0.1) is 0 Å². The van der Waals surface area contributed by atoms with Crippen LogP contribution < -0.4 is 5.32 Å². The Bertz CT molecular complexity index is 418. The van der Waals surface area contributed by atoms with Gasteiger partial charge in [-0.05, 0) is 51.4 Å². The first-order valence-electron chi connectivity index (χ1n) is 10.2. The summed E-state index contributed by atoms with van der Waals surface area (Å²) in [4.78, 5) is 17.1. The molecule has 0 spiro atoms. The molecule has 0 aromatic heterocycles. The van der Waals surface area contributed by atoms with E-state index in [9.17, 15) is 4.79 Å². The fourth-order valence-electron chi connectivity index (χ4n) is 4.61. The number of carbonyl (C=O) groups is 1. The number of carbonyl (C=O) groups excluding carboxylic acids is 1. The third-order valence-electron chi connectivity index (χ3n) is 6.34. The van der Waals surface area contributed by atoms with Crippen LogP contribution in [0.3, 0.4) is 0 Å². The Morgan fingerprint density at radius 3 is 2.04 bits per heavy atom. The summed E-state index contributed by atoms with van der Waals surface area (Å²) in [5, 5.41) is 3.28. The van der Waals surface area contributed by atoms with Gasteiger partial charge in [-0.3, -0.25) is 0 Å². The first-order chi connectivity index (χ1) is 11.8. The number of hydrogen-bond acceptors (Lipinski definition) is 3. The molecule has 0 bridgehead atoms. The summed E-state index contributed by atoms with van der Waals surface area (Å²) in [6.45, 7) is 4.02. The van der Waals surface area contributed by atoms with Gasteiger partial charge < -0.3 is 19.9 Å². The van der Waals surface area contributed by atoms with Gasteiger partial charge in [-0.2, -0.15) is 0 Å². The lowest BCUT2D eigenvalue weighted by Crippen LogP contribution is -2.51. The molecule has 0 atom stereocenters. The summed E-state index contributed by atoms with van der Waals surface area (Å²) >= 11 is 0. The number of piperidine rings is 2. The molecule has 0 aromatic rings. The summed E-state index contributed by atoms with van der Waals surface area (Å²) in [6.07, 6.45) is 13.0. The molecular weight excluding hydrogens is 302 g/mol. The summed E-state index contributed by atoms with van der Waals surface area (Å²) in [6, 6.07) is 1.39. The van der Waals surface area contributed by atoms with Crippen LogP contribution in [0.15, 0.2) is 0 Å². The molecule has 4 rings (SSSR count). The zero-order chi connectivity index (χ0) is 16.4. The second kappa shape index (κ2) is 7.61. The van der Waals surface area contributed by atoms with E-state index in [1.807, 2.05) is 4.90 Å². The Kier molecular flexibility index (Phi) is 5.28. The van der Waals surface area contributed by atoms with E-state index in [0.29, 0.717) is 18.2 Å². The fourth-order valence-corrected chi connectivity index (χ4v) is 4.61. The molecule has 5 heteroatoms. The van der Waals surface area contributed by atoms with Crippen LogP contribution in [0.25, 0.3) is 0 Å². The van der Waals surface area contributed by atoms with Crippen molar-refractivity contribution in [2.75, 3.05) is 26.2 Å². The van der Waals surface area contributed by atoms with Crippen molar-refractivity contribution >= 4 is 6.03 Å². The molecule has 2 aliphatic carbocycles. The molecule has 2 saturated heterocycles. The average molecular weight is 335 g/mol. The molecule has 24 heavy (non-hydrogen) atoms. The summed E-state index contributed by atoms with van der Waals surface area (Å²) in [5.41, 5.74) is 0. The van der Waals surface area contributed by atoms with Crippen molar-refractivity contribution in [2.24, 2.45) is 0 Å². The van der Waals surface area contributed by atoms with Crippen LogP contribution >= 0.6 is 0 Å². The number of nitrogens with one attached hydrogen (secondary N) is 1. The molecule has 136 valence electrons. The number of hydrogen-bond donors (Lipinski definition) is 1. The van der Waals surface area contributed by atoms with Gasteiger partial charge in [-0.25, -0.2) is 4.79 Å². The van der Waals surface area contributed by atoms with Gasteiger partial charge in [0.25, 0.3) is 0 Å². The third-order valence-corrected chi connectivity index (χ3v) is 6.34. The zero-order valence-corrected chi connectivity index (χ0v) is 14.9. The van der Waals surface area contributed by atoms with Gasteiger partial charge in [-0.1, -0.05) is 12.8 Å². The number of ether oxygens (including phenoxy) is 1. The Balaban J connectivity index is 1.15. The Labute approximate surface area is 146 Å². The smallest absolute Gasteiger partial charge is 0.317 e. The van der Waals surface area contributed by atoms with E-state index >= 15 is 0 Å². The zero-order valence-electron chi connectivity index (χ0n) is 14.9. The van der Waals surface area contributed by atoms with E-state index in [2.05, 4.69) is 10.2 Å². The van der Waals surface area contributed by atoms with Crippen molar-refractivity contribution in [1.29, 1.82) is 0 Å². The topological polar surface area (TPSA) is 44.8 Å². The van der Waals surface area contributed by atoms with Crippen LogP contribution in [0.1, 0.15) is 64.2 Å². The molecule has 5 nitrogen and oxygen atoms in total. The molecule has 0 radical (unpaired) electrons. The maximum atomic E-state index is 12.5. The van der Waals surface area contributed by atoms with Crippen molar-refractivity contribution < 1.29 is 9.53 Å². The minimum atomic E-state index is 0.152. The normalized spacial score (nSPS) is 28.4. The molecule has 2 saturated carbocycles. The van der Waals surface area contributed by atoms with Gasteiger partial charge in [0, 0.05) is 38.3 Å². The molecular formula is C19H33N3O2. The Morgan fingerprint density at radius 2 is 1.42 bits per heavy atom. The van der Waals surface area contributed by atoms with Crippen LogP contribution in [0.2, 0.25) is 0 Å². The highest BCUT2D eigenvalue weighted by molar-refractivity contribution is 5.74. The molecule has 1 N–H and O–H groups in total. The highest BCUT2D eigenvalue weighted by Crippen LogP contribution is 2.29. The van der Waals surface area contributed by atoms with E-state index in [1.54, 1.807) is 0 Å². The predicted molar refractivity (Wildman–Crippen MR) is 94.1 cm³/mol. The highest BCUT2D eigenvalue weighted by atomic mass is 16.5. The highest BCUT2D eigenvalue weighted by Gasteiger charge is 2.33. The van der Waals surface area contributed by atoms with Crippen molar-refractivity contribution in [2.45, 2.75) is 88.5 Å². The number of likely N-dealkylation sites (tertiary alicyclic amines) is 2. The first-order valence-corrected chi connectivity index (χ1v) is 10.2. The van der Waals surface area contributed by atoms with Crippen LogP contribution in [0, 0.1) is 0 Å². The molecule has 2 amide bonds. The second-order valence-electron chi connectivity index (χ2n) is 8.22. The second-order valence-corrected chi connectivity index (χ2v) is 8.22. The summed E-state index contributed by atoms with van der Waals surface area (Å²) < 4.78 is 6.21. The van der Waals surface area contributed by atoms with Crippen molar-refractivity contribution in [3.05, 3.63) is 0 Å². The molecule has 0 unspecified atom stereocenters. The van der Waals surface area contributed by atoms with E-state index in [0.717, 1.165) is 57.9 Å². The van der Waals surface area contributed by atoms with Crippen molar-refractivity contribution in [1.82, 2.24) is 15.1 Å². The number of urea groups is 1. The number of amides is 2. The van der Waals surface area contributed by atoms with Crippen molar-refractivity contribution in [3.8, 4) is 0 Å². The number of rotatable bonds is 4. The molecule has 2 aliphatic heterocycles. The molecule has 0 aromatic carbocycles. The van der Waals surface area contributed by atoms with Crippen molar-refractivity contribution in [3.63, 3.8) is 0 Å². The Hall–Kier alpha value is -0.810. The average Bonchev–Trinajstić information content (AvgIpc) is 3.34. The van der Waals surface area contributed by atoms with Crippen LogP contribution in [0.4, 0.5) is 4.79 Å². The lowest BCUT2D eigenvalue weighted by molar-refractivity contribution is -0.0340. The maximum absolute atomic E-state index is 12.5. The first kappa shape index (κ1) is 16.6. The third kappa shape index (κ3) is 4.23. The maximum Gasteiger partial charge on any atom is 0.317 e. The summed E-state index contributed by atoms with van der Waals surface area (Å²) in [5.74, 6) is 0. The lowest BCUT2D eigenvalue weighted by atomic mass is 10.0. The standard InChI is InChI=1S/C19H33N3O2/c23-19(20-15-7-11-21(12-8-15)16-5-6-16)22-13-9-18(10-14-22)24-17-3-1-2-4-17/h15-18H,1-14H2,(H,20,23). The van der Waals surface area contributed by atoms with E-state index < -0.39 is 0 Å². The largest absolute Gasteiger partial charge is 0.375 e. The van der Waals surface area contributed by atoms with Crippen LogP contribution in [-0.4, -0.2) is 66.3 Å². The molecule has 2 heterocycles. The summed E-state index contributed by atoms with van der Waals surface area (Å²) in [7, 11) is 0. The minimum absolute atomic E-state index is 0.152.